The van der Waals surface area contributed by atoms with E-state index in [4.69, 9.17) is 14.2 Å². The van der Waals surface area contributed by atoms with Gasteiger partial charge >= 0.3 is 0 Å². The third-order valence-electron chi connectivity index (χ3n) is 4.79. The van der Waals surface area contributed by atoms with E-state index in [1.165, 1.54) is 4.90 Å². The fraction of sp³-hybridized carbons (Fsp3) is 0.217. The van der Waals surface area contributed by atoms with Gasteiger partial charge in [-0.25, -0.2) is 0 Å². The Hall–Kier alpha value is -2.79. The highest BCUT2D eigenvalue weighted by Crippen LogP contribution is 2.39. The highest BCUT2D eigenvalue weighted by molar-refractivity contribution is 7.99. The van der Waals surface area contributed by atoms with Crippen LogP contribution in [0.2, 0.25) is 0 Å². The van der Waals surface area contributed by atoms with Crippen LogP contribution in [0.1, 0.15) is 12.5 Å². The summed E-state index contributed by atoms with van der Waals surface area (Å²) in [6, 6.07) is 24.6. The third-order valence-corrected chi connectivity index (χ3v) is 6.12. The number of rotatable bonds is 7. The Labute approximate surface area is 169 Å². The third kappa shape index (κ3) is 4.04. The second-order valence-electron chi connectivity index (χ2n) is 6.86. The Morgan fingerprint density at radius 3 is 2.46 bits per heavy atom. The van der Waals surface area contributed by atoms with E-state index in [0.717, 1.165) is 34.3 Å². The molecule has 0 aromatic heterocycles. The van der Waals surface area contributed by atoms with Crippen LogP contribution < -0.4 is 19.5 Å². The van der Waals surface area contributed by atoms with Gasteiger partial charge in [0.25, 0.3) is 0 Å². The van der Waals surface area contributed by atoms with Crippen molar-refractivity contribution in [2.24, 2.45) is 0 Å². The zero-order chi connectivity index (χ0) is 19.4. The summed E-state index contributed by atoms with van der Waals surface area (Å²) in [5.74, 6) is 3.29. The summed E-state index contributed by atoms with van der Waals surface area (Å²) in [6.07, 6.45) is 0. The molecule has 0 fully saturated rings. The largest absolute Gasteiger partial charge is 0.497 e. The molecule has 28 heavy (non-hydrogen) atoms. The van der Waals surface area contributed by atoms with Crippen molar-refractivity contribution in [2.75, 3.05) is 25.0 Å². The topological polar surface area (TPSA) is 39.7 Å². The molecule has 0 amide bonds. The van der Waals surface area contributed by atoms with Gasteiger partial charge in [0, 0.05) is 16.3 Å². The van der Waals surface area contributed by atoms with Crippen molar-refractivity contribution < 1.29 is 14.2 Å². The predicted molar refractivity (Wildman–Crippen MR) is 114 cm³/mol. The number of thioether (sulfide) groups is 1. The van der Waals surface area contributed by atoms with Crippen molar-refractivity contribution in [1.29, 1.82) is 0 Å². The first-order chi connectivity index (χ1) is 13.7. The van der Waals surface area contributed by atoms with E-state index in [1.54, 1.807) is 7.11 Å². The first-order valence-electron chi connectivity index (χ1n) is 9.16. The van der Waals surface area contributed by atoms with E-state index < -0.39 is 0 Å². The van der Waals surface area contributed by atoms with Gasteiger partial charge in [-0.05, 0) is 61.0 Å². The second-order valence-corrected chi connectivity index (χ2v) is 7.90. The lowest BCUT2D eigenvalue weighted by molar-refractivity contribution is 0.174. The van der Waals surface area contributed by atoms with Gasteiger partial charge in [0.15, 0.2) is 11.5 Å². The van der Waals surface area contributed by atoms with Gasteiger partial charge in [0.05, 0.1) is 12.6 Å². The van der Waals surface area contributed by atoms with Crippen LogP contribution in [0.3, 0.4) is 0 Å². The molecule has 0 saturated heterocycles. The van der Waals surface area contributed by atoms with Gasteiger partial charge in [0.1, 0.15) is 5.75 Å². The van der Waals surface area contributed by atoms with Crippen molar-refractivity contribution >= 4 is 17.4 Å². The highest BCUT2D eigenvalue weighted by atomic mass is 32.2. The quantitative estimate of drug-likeness (QED) is 0.533. The molecular formula is C23H23NO3S. The van der Waals surface area contributed by atoms with Crippen molar-refractivity contribution in [2.45, 2.75) is 17.4 Å². The maximum atomic E-state index is 5.60. The zero-order valence-corrected chi connectivity index (χ0v) is 16.8. The van der Waals surface area contributed by atoms with Crippen LogP contribution in [0, 0.1) is 0 Å². The van der Waals surface area contributed by atoms with Crippen LogP contribution in [0.15, 0.2) is 77.7 Å². The van der Waals surface area contributed by atoms with Crippen molar-refractivity contribution in [3.63, 3.8) is 0 Å². The minimum Gasteiger partial charge on any atom is -0.497 e. The molecule has 0 bridgehead atoms. The number of hydrogen-bond donors (Lipinski definition) is 1. The van der Waals surface area contributed by atoms with Crippen LogP contribution >= 0.6 is 11.8 Å². The number of methoxy groups -OCH3 is 1. The first kappa shape index (κ1) is 18.6. The molecule has 1 aliphatic rings. The van der Waals surface area contributed by atoms with Crippen LogP contribution in [-0.4, -0.2) is 19.7 Å². The summed E-state index contributed by atoms with van der Waals surface area (Å²) >= 11 is 1.82. The standard InChI is InChI=1S/C23H23NO3S/c1-23(15-28-20-6-4-3-5-7-20,24-18-9-11-19(25-2)12-10-18)17-8-13-21-22(14-17)27-16-26-21/h3-14,24H,15-16H2,1-2H3. The van der Waals surface area contributed by atoms with Crippen LogP contribution in [0.25, 0.3) is 0 Å². The molecule has 1 aliphatic heterocycles. The van der Waals surface area contributed by atoms with Crippen LogP contribution in [0.5, 0.6) is 17.2 Å². The molecule has 0 saturated carbocycles. The lowest BCUT2D eigenvalue weighted by Crippen LogP contribution is -2.34. The maximum Gasteiger partial charge on any atom is 0.231 e. The molecule has 1 heterocycles. The van der Waals surface area contributed by atoms with Crippen LogP contribution in [0.4, 0.5) is 5.69 Å². The number of nitrogens with one attached hydrogen (secondary N) is 1. The molecular weight excluding hydrogens is 370 g/mol. The monoisotopic (exact) mass is 393 g/mol. The Bertz CT molecular complexity index is 930. The lowest BCUT2D eigenvalue weighted by Gasteiger charge is -2.32. The summed E-state index contributed by atoms with van der Waals surface area (Å²) in [4.78, 5) is 1.24. The summed E-state index contributed by atoms with van der Waals surface area (Å²) in [7, 11) is 1.68. The summed E-state index contributed by atoms with van der Waals surface area (Å²) in [6.45, 7) is 2.49. The van der Waals surface area contributed by atoms with E-state index >= 15 is 0 Å². The average molecular weight is 394 g/mol. The van der Waals surface area contributed by atoms with Crippen molar-refractivity contribution in [1.82, 2.24) is 0 Å². The number of fused-ring (bicyclic) bond motifs is 1. The fourth-order valence-electron chi connectivity index (χ4n) is 3.17. The molecule has 1 atom stereocenters. The average Bonchev–Trinajstić information content (AvgIpc) is 3.22. The van der Waals surface area contributed by atoms with Gasteiger partial charge < -0.3 is 19.5 Å². The fourth-order valence-corrected chi connectivity index (χ4v) is 4.21. The molecule has 3 aromatic rings. The SMILES string of the molecule is COc1ccc(NC(C)(CSc2ccccc2)c2ccc3c(c2)OCO3)cc1. The first-order valence-corrected chi connectivity index (χ1v) is 10.2. The highest BCUT2D eigenvalue weighted by Gasteiger charge is 2.29. The number of anilines is 1. The number of ether oxygens (including phenoxy) is 3. The minimum absolute atomic E-state index is 0.278. The van der Waals surface area contributed by atoms with Gasteiger partial charge in [-0.15, -0.1) is 11.8 Å². The van der Waals surface area contributed by atoms with E-state index in [0.29, 0.717) is 0 Å². The molecule has 5 heteroatoms. The van der Waals surface area contributed by atoms with Crippen molar-refractivity contribution in [3.8, 4) is 17.2 Å². The summed E-state index contributed by atoms with van der Waals surface area (Å²) in [5.41, 5.74) is 1.88. The molecule has 0 radical (unpaired) electrons. The van der Waals surface area contributed by atoms with Gasteiger partial charge in [-0.3, -0.25) is 0 Å². The molecule has 0 spiro atoms. The predicted octanol–water partition coefficient (Wildman–Crippen LogP) is 5.54. The Balaban J connectivity index is 1.62. The minimum atomic E-state index is -0.309. The Kier molecular flexibility index (Phi) is 5.35. The maximum absolute atomic E-state index is 5.60. The van der Waals surface area contributed by atoms with E-state index in [1.807, 2.05) is 48.2 Å². The normalized spacial score (nSPS) is 14.4. The lowest BCUT2D eigenvalue weighted by atomic mass is 9.93. The van der Waals surface area contributed by atoms with E-state index in [-0.39, 0.29) is 12.3 Å². The van der Waals surface area contributed by atoms with Crippen molar-refractivity contribution in [3.05, 3.63) is 78.4 Å². The second kappa shape index (κ2) is 8.07. The zero-order valence-electron chi connectivity index (χ0n) is 16.0. The molecule has 1 N–H and O–H groups in total. The van der Waals surface area contributed by atoms with E-state index in [9.17, 15) is 0 Å². The molecule has 0 aliphatic carbocycles. The Morgan fingerprint density at radius 2 is 1.71 bits per heavy atom. The number of hydrogen-bond acceptors (Lipinski definition) is 5. The summed E-state index contributed by atoms with van der Waals surface area (Å²) in [5, 5.41) is 3.71. The molecule has 4 nitrogen and oxygen atoms in total. The number of benzene rings is 3. The Morgan fingerprint density at radius 1 is 0.964 bits per heavy atom. The van der Waals surface area contributed by atoms with Gasteiger partial charge in [0.2, 0.25) is 6.79 Å². The summed E-state index contributed by atoms with van der Waals surface area (Å²) < 4.78 is 16.4. The smallest absolute Gasteiger partial charge is 0.231 e. The van der Waals surface area contributed by atoms with E-state index in [2.05, 4.69) is 48.6 Å². The molecule has 3 aromatic carbocycles. The van der Waals surface area contributed by atoms with Crippen LogP contribution in [-0.2, 0) is 5.54 Å². The van der Waals surface area contributed by atoms with Gasteiger partial charge in [-0.2, -0.15) is 0 Å². The molecule has 144 valence electrons. The molecule has 4 rings (SSSR count). The van der Waals surface area contributed by atoms with Gasteiger partial charge in [-0.1, -0.05) is 24.3 Å². The molecule has 1 unspecified atom stereocenters.